The van der Waals surface area contributed by atoms with Crippen LogP contribution >= 0.6 is 0 Å². The van der Waals surface area contributed by atoms with Crippen molar-refractivity contribution in [1.82, 2.24) is 5.32 Å². The Bertz CT molecular complexity index is 468. The number of rotatable bonds is 3. The number of hydrogen-bond donors (Lipinski definition) is 1. The van der Waals surface area contributed by atoms with Crippen LogP contribution < -0.4 is 5.32 Å². The van der Waals surface area contributed by atoms with Gasteiger partial charge in [-0.3, -0.25) is 0 Å². The zero-order chi connectivity index (χ0) is 15.7. The van der Waals surface area contributed by atoms with Crippen molar-refractivity contribution in [1.29, 1.82) is 5.26 Å². The summed E-state index contributed by atoms with van der Waals surface area (Å²) >= 11 is 0. The summed E-state index contributed by atoms with van der Waals surface area (Å²) in [4.78, 5) is 10.3. The van der Waals surface area contributed by atoms with Crippen LogP contribution in [0.15, 0.2) is 30.3 Å². The Morgan fingerprint density at radius 1 is 1.29 bits per heavy atom. The fraction of sp³-hybridized carbons (Fsp3) is 0.556. The van der Waals surface area contributed by atoms with Gasteiger partial charge in [-0.05, 0) is 44.3 Å². The molecule has 1 aromatic carbocycles. The third-order valence-electron chi connectivity index (χ3n) is 3.69. The molecule has 1 aromatic rings. The summed E-state index contributed by atoms with van der Waals surface area (Å²) in [5.74, 6) is 0.813. The number of piperidine rings is 1. The molecule has 2 rings (SSSR count). The highest BCUT2D eigenvalue weighted by Gasteiger charge is 2.33. The van der Waals surface area contributed by atoms with Crippen LogP contribution in [0.5, 0.6) is 0 Å². The molecule has 0 atom stereocenters. The van der Waals surface area contributed by atoms with Gasteiger partial charge >= 0.3 is 0 Å². The van der Waals surface area contributed by atoms with Crippen molar-refractivity contribution in [2.45, 2.75) is 45.4 Å². The van der Waals surface area contributed by atoms with E-state index in [1.807, 2.05) is 32.0 Å². The number of hydrogen-bond acceptors (Lipinski definition) is 3. The first kappa shape index (κ1) is 17.4. The summed E-state index contributed by atoms with van der Waals surface area (Å²) in [5.41, 5.74) is 0.927. The summed E-state index contributed by atoms with van der Waals surface area (Å²) in [6.45, 7) is 7.60. The van der Waals surface area contributed by atoms with Crippen LogP contribution in [-0.4, -0.2) is 18.9 Å². The number of carbonyl (C=O) groups excluding carboxylic acids is 1. The maximum Gasteiger partial charge on any atom is 0.130 e. The molecule has 21 heavy (non-hydrogen) atoms. The Morgan fingerprint density at radius 2 is 1.86 bits per heavy atom. The zero-order valence-corrected chi connectivity index (χ0v) is 13.4. The minimum atomic E-state index is -0.244. The first-order chi connectivity index (χ1) is 10.00. The van der Waals surface area contributed by atoms with Crippen LogP contribution in [0, 0.1) is 17.2 Å². The van der Waals surface area contributed by atoms with Gasteiger partial charge < -0.3 is 10.1 Å². The molecule has 114 valence electrons. The monoisotopic (exact) mass is 286 g/mol. The van der Waals surface area contributed by atoms with E-state index >= 15 is 0 Å². The van der Waals surface area contributed by atoms with Crippen LogP contribution in [0.1, 0.15) is 45.6 Å². The second-order valence-corrected chi connectivity index (χ2v) is 6.11. The van der Waals surface area contributed by atoms with Crippen molar-refractivity contribution in [3.63, 3.8) is 0 Å². The maximum absolute atomic E-state index is 10.3. The Kier molecular flexibility index (Phi) is 7.11. The zero-order valence-electron chi connectivity index (χ0n) is 13.4. The van der Waals surface area contributed by atoms with Crippen molar-refractivity contribution in [3.05, 3.63) is 35.9 Å². The Labute approximate surface area is 128 Å². The normalized spacial score (nSPS) is 16.5. The van der Waals surface area contributed by atoms with Gasteiger partial charge in [0.2, 0.25) is 0 Å². The first-order valence-corrected chi connectivity index (χ1v) is 7.67. The first-order valence-electron chi connectivity index (χ1n) is 7.67. The quantitative estimate of drug-likeness (QED) is 0.926. The molecule has 1 aliphatic heterocycles. The molecule has 3 heteroatoms. The Balaban J connectivity index is 0.000000270. The number of nitriles is 1. The smallest absolute Gasteiger partial charge is 0.130 e. The standard InChI is InChI=1S/C12H14N2.C6H12O/c13-10-12(6-8-14-9-7-12)11-4-2-1-3-5-11;1-5(2)4-6(3)7/h1-5,14H,6-9H2;5H,4H2,1-3H3. The minimum absolute atomic E-state index is 0.244. The third-order valence-corrected chi connectivity index (χ3v) is 3.69. The molecule has 0 aliphatic carbocycles. The maximum atomic E-state index is 10.3. The van der Waals surface area contributed by atoms with Gasteiger partial charge in [-0.25, -0.2) is 0 Å². The number of Topliss-reactive ketones (excluding diaryl/α,β-unsaturated/α-hetero) is 1. The fourth-order valence-electron chi connectivity index (χ4n) is 2.65. The third kappa shape index (κ3) is 5.69. The lowest BCUT2D eigenvalue weighted by molar-refractivity contribution is -0.117. The van der Waals surface area contributed by atoms with E-state index < -0.39 is 0 Å². The summed E-state index contributed by atoms with van der Waals surface area (Å²) in [6, 6.07) is 12.6. The van der Waals surface area contributed by atoms with Crippen molar-refractivity contribution in [2.75, 3.05) is 13.1 Å². The predicted octanol–water partition coefficient (Wildman–Crippen LogP) is 3.45. The van der Waals surface area contributed by atoms with Gasteiger partial charge in [0.25, 0.3) is 0 Å². The lowest BCUT2D eigenvalue weighted by Gasteiger charge is -2.31. The SMILES string of the molecule is CC(=O)CC(C)C.N#CC1(c2ccccc2)CCNCC1. The number of carbonyl (C=O) groups is 1. The number of nitrogens with one attached hydrogen (secondary N) is 1. The Hall–Kier alpha value is -1.66. The van der Waals surface area contributed by atoms with E-state index in [0.717, 1.165) is 32.4 Å². The van der Waals surface area contributed by atoms with Gasteiger partial charge in [0.15, 0.2) is 0 Å². The van der Waals surface area contributed by atoms with Gasteiger partial charge in [-0.15, -0.1) is 0 Å². The van der Waals surface area contributed by atoms with Crippen LogP contribution in [-0.2, 0) is 10.2 Å². The summed E-state index contributed by atoms with van der Waals surface area (Å²) in [5, 5.41) is 12.6. The molecular weight excluding hydrogens is 260 g/mol. The van der Waals surface area contributed by atoms with Crippen LogP contribution in [0.4, 0.5) is 0 Å². The van der Waals surface area contributed by atoms with E-state index in [1.165, 1.54) is 5.56 Å². The highest BCUT2D eigenvalue weighted by atomic mass is 16.1. The molecular formula is C18H26N2O. The minimum Gasteiger partial charge on any atom is -0.317 e. The van der Waals surface area contributed by atoms with E-state index in [0.29, 0.717) is 5.92 Å². The van der Waals surface area contributed by atoms with Gasteiger partial charge in [0.05, 0.1) is 11.5 Å². The highest BCUT2D eigenvalue weighted by molar-refractivity contribution is 5.75. The van der Waals surface area contributed by atoms with Gasteiger partial charge in [0, 0.05) is 6.42 Å². The average molecular weight is 286 g/mol. The van der Waals surface area contributed by atoms with Crippen LogP contribution in [0.3, 0.4) is 0 Å². The van der Waals surface area contributed by atoms with Crippen molar-refractivity contribution in [2.24, 2.45) is 5.92 Å². The molecule has 0 aromatic heterocycles. The fourth-order valence-corrected chi connectivity index (χ4v) is 2.65. The molecule has 0 spiro atoms. The molecule has 1 heterocycles. The Morgan fingerprint density at radius 3 is 2.24 bits per heavy atom. The second-order valence-electron chi connectivity index (χ2n) is 6.11. The largest absolute Gasteiger partial charge is 0.317 e. The average Bonchev–Trinajstić information content (AvgIpc) is 2.48. The molecule has 1 saturated heterocycles. The molecule has 1 fully saturated rings. The molecule has 0 bridgehead atoms. The molecule has 3 nitrogen and oxygen atoms in total. The summed E-state index contributed by atoms with van der Waals surface area (Å²) in [6.07, 6.45) is 2.57. The lowest BCUT2D eigenvalue weighted by atomic mass is 9.74. The number of ketones is 1. The van der Waals surface area contributed by atoms with Crippen molar-refractivity contribution < 1.29 is 4.79 Å². The predicted molar refractivity (Wildman–Crippen MR) is 86.0 cm³/mol. The van der Waals surface area contributed by atoms with Gasteiger partial charge in [0.1, 0.15) is 5.78 Å². The molecule has 0 saturated carbocycles. The molecule has 1 N–H and O–H groups in total. The molecule has 0 radical (unpaired) electrons. The van der Waals surface area contributed by atoms with E-state index in [-0.39, 0.29) is 11.2 Å². The topological polar surface area (TPSA) is 52.9 Å². The van der Waals surface area contributed by atoms with Crippen molar-refractivity contribution >= 4 is 5.78 Å². The number of nitrogens with zero attached hydrogens (tertiary/aromatic N) is 1. The van der Waals surface area contributed by atoms with E-state index in [4.69, 9.17) is 0 Å². The van der Waals surface area contributed by atoms with Crippen LogP contribution in [0.25, 0.3) is 0 Å². The molecule has 0 unspecified atom stereocenters. The lowest BCUT2D eigenvalue weighted by Crippen LogP contribution is -2.38. The van der Waals surface area contributed by atoms with E-state index in [1.54, 1.807) is 6.92 Å². The second kappa shape index (κ2) is 8.59. The van der Waals surface area contributed by atoms with Gasteiger partial charge in [-0.1, -0.05) is 44.2 Å². The molecule has 0 amide bonds. The highest BCUT2D eigenvalue weighted by Crippen LogP contribution is 2.32. The summed E-state index contributed by atoms with van der Waals surface area (Å²) in [7, 11) is 0. The number of benzene rings is 1. The summed E-state index contributed by atoms with van der Waals surface area (Å²) < 4.78 is 0. The molecule has 1 aliphatic rings. The van der Waals surface area contributed by atoms with Crippen molar-refractivity contribution in [3.8, 4) is 6.07 Å². The van der Waals surface area contributed by atoms with Crippen LogP contribution in [0.2, 0.25) is 0 Å². The van der Waals surface area contributed by atoms with E-state index in [2.05, 4.69) is 23.5 Å². The van der Waals surface area contributed by atoms with Gasteiger partial charge in [-0.2, -0.15) is 5.26 Å². The van der Waals surface area contributed by atoms with E-state index in [9.17, 15) is 10.1 Å².